The topological polar surface area (TPSA) is 38.9 Å². The lowest BCUT2D eigenvalue weighted by atomic mass is 9.78. The minimum atomic E-state index is 0.219. The Balaban J connectivity index is 2.15. The molecule has 0 bridgehead atoms. The van der Waals surface area contributed by atoms with E-state index in [9.17, 15) is 0 Å². The van der Waals surface area contributed by atoms with Gasteiger partial charge in [0, 0.05) is 29.2 Å². The third-order valence-corrected chi connectivity index (χ3v) is 4.53. The molecule has 1 aliphatic carbocycles. The first-order chi connectivity index (χ1) is 8.75. The highest BCUT2D eigenvalue weighted by Crippen LogP contribution is 2.41. The summed E-state index contributed by atoms with van der Waals surface area (Å²) in [6.45, 7) is 2.84. The lowest BCUT2D eigenvalue weighted by Crippen LogP contribution is -2.31. The van der Waals surface area contributed by atoms with Gasteiger partial charge in [-0.3, -0.25) is 4.98 Å². The third kappa shape index (κ3) is 1.72. The van der Waals surface area contributed by atoms with Gasteiger partial charge < -0.3 is 5.73 Å². The van der Waals surface area contributed by atoms with Crippen LogP contribution in [-0.2, 0) is 5.41 Å². The molecule has 0 aliphatic heterocycles. The van der Waals surface area contributed by atoms with Crippen molar-refractivity contribution in [3.05, 3.63) is 41.7 Å². The number of nitrogens with two attached hydrogens (primary N) is 1. The number of hydrogen-bond donors (Lipinski definition) is 1. The first-order valence-electron chi connectivity index (χ1n) is 6.81. The van der Waals surface area contributed by atoms with Crippen LogP contribution in [0.25, 0.3) is 10.8 Å². The molecule has 0 saturated heterocycles. The Morgan fingerprint density at radius 1 is 1.22 bits per heavy atom. The zero-order valence-electron chi connectivity index (χ0n) is 10.9. The van der Waals surface area contributed by atoms with E-state index >= 15 is 0 Å². The lowest BCUT2D eigenvalue weighted by molar-refractivity contribution is 0.453. The largest absolute Gasteiger partial charge is 0.330 e. The average Bonchev–Trinajstić information content (AvgIpc) is 2.89. The molecule has 3 rings (SSSR count). The van der Waals surface area contributed by atoms with Gasteiger partial charge in [-0.25, -0.2) is 0 Å². The van der Waals surface area contributed by atoms with Crippen LogP contribution in [0.5, 0.6) is 0 Å². The quantitative estimate of drug-likeness (QED) is 0.874. The predicted molar refractivity (Wildman–Crippen MR) is 75.7 cm³/mol. The van der Waals surface area contributed by atoms with Crippen LogP contribution in [0, 0.1) is 6.92 Å². The second-order valence-corrected chi connectivity index (χ2v) is 5.52. The summed E-state index contributed by atoms with van der Waals surface area (Å²) in [4.78, 5) is 4.39. The Bertz CT molecular complexity index is 568. The normalized spacial score (nSPS) is 18.3. The number of fused-ring (bicyclic) bond motifs is 1. The average molecular weight is 240 g/mol. The van der Waals surface area contributed by atoms with Gasteiger partial charge in [-0.2, -0.15) is 0 Å². The zero-order valence-corrected chi connectivity index (χ0v) is 10.9. The molecule has 1 aliphatic rings. The monoisotopic (exact) mass is 240 g/mol. The molecule has 1 aromatic carbocycles. The van der Waals surface area contributed by atoms with Crippen LogP contribution in [-0.4, -0.2) is 11.5 Å². The Morgan fingerprint density at radius 2 is 2.00 bits per heavy atom. The Morgan fingerprint density at radius 3 is 2.72 bits per heavy atom. The van der Waals surface area contributed by atoms with Crippen molar-refractivity contribution in [2.24, 2.45) is 5.73 Å². The van der Waals surface area contributed by atoms with Crippen molar-refractivity contribution in [3.8, 4) is 0 Å². The van der Waals surface area contributed by atoms with Gasteiger partial charge >= 0.3 is 0 Å². The molecule has 2 heteroatoms. The van der Waals surface area contributed by atoms with E-state index in [0.29, 0.717) is 0 Å². The fourth-order valence-electron chi connectivity index (χ4n) is 3.31. The van der Waals surface area contributed by atoms with E-state index in [-0.39, 0.29) is 5.41 Å². The molecule has 94 valence electrons. The third-order valence-electron chi connectivity index (χ3n) is 4.53. The molecule has 0 amide bonds. The molecular weight excluding hydrogens is 220 g/mol. The first kappa shape index (κ1) is 11.7. The number of hydrogen-bond acceptors (Lipinski definition) is 2. The van der Waals surface area contributed by atoms with Crippen LogP contribution < -0.4 is 5.73 Å². The highest BCUT2D eigenvalue weighted by Gasteiger charge is 2.34. The minimum Gasteiger partial charge on any atom is -0.330 e. The van der Waals surface area contributed by atoms with E-state index in [1.165, 1.54) is 42.0 Å². The predicted octanol–water partition coefficient (Wildman–Crippen LogP) is 3.31. The summed E-state index contributed by atoms with van der Waals surface area (Å²) in [5.41, 5.74) is 8.81. The number of rotatable bonds is 2. The molecule has 2 nitrogen and oxygen atoms in total. The maximum Gasteiger partial charge on any atom is 0.0451 e. The summed E-state index contributed by atoms with van der Waals surface area (Å²) in [5, 5.41) is 2.55. The van der Waals surface area contributed by atoms with Crippen molar-refractivity contribution in [2.75, 3.05) is 6.54 Å². The summed E-state index contributed by atoms with van der Waals surface area (Å²) in [6.07, 6.45) is 6.96. The molecule has 0 spiro atoms. The SMILES string of the molecule is Cc1nccc2ccc(C3(CN)CCCC3)cc12. The van der Waals surface area contributed by atoms with E-state index in [1.807, 2.05) is 6.20 Å². The Hall–Kier alpha value is -1.41. The fourth-order valence-corrected chi connectivity index (χ4v) is 3.31. The molecule has 2 N–H and O–H groups in total. The van der Waals surface area contributed by atoms with Gasteiger partial charge in [-0.1, -0.05) is 25.0 Å². The molecule has 1 fully saturated rings. The molecule has 1 heterocycles. The maximum absolute atomic E-state index is 6.07. The van der Waals surface area contributed by atoms with Crippen molar-refractivity contribution in [1.29, 1.82) is 0 Å². The van der Waals surface area contributed by atoms with E-state index in [4.69, 9.17) is 5.73 Å². The summed E-state index contributed by atoms with van der Waals surface area (Å²) in [5.74, 6) is 0. The number of pyridine rings is 1. The van der Waals surface area contributed by atoms with Crippen LogP contribution >= 0.6 is 0 Å². The standard InChI is InChI=1S/C16H20N2/c1-12-15-10-14(5-4-13(15)6-9-18-12)16(11-17)7-2-3-8-16/h4-6,9-10H,2-3,7-8,11,17H2,1H3. The van der Waals surface area contributed by atoms with Crippen molar-refractivity contribution < 1.29 is 0 Å². The van der Waals surface area contributed by atoms with Crippen LogP contribution in [0.4, 0.5) is 0 Å². The maximum atomic E-state index is 6.07. The van der Waals surface area contributed by atoms with Gasteiger partial charge in [-0.05, 0) is 42.8 Å². The minimum absolute atomic E-state index is 0.219. The van der Waals surface area contributed by atoms with Gasteiger partial charge in [-0.15, -0.1) is 0 Å². The first-order valence-corrected chi connectivity index (χ1v) is 6.81. The van der Waals surface area contributed by atoms with Crippen LogP contribution in [0.15, 0.2) is 30.5 Å². The summed E-state index contributed by atoms with van der Waals surface area (Å²) < 4.78 is 0. The van der Waals surface area contributed by atoms with Crippen molar-refractivity contribution >= 4 is 10.8 Å². The molecule has 0 atom stereocenters. The molecule has 0 unspecified atom stereocenters. The zero-order chi connectivity index (χ0) is 12.6. The number of aromatic nitrogens is 1. The van der Waals surface area contributed by atoms with Gasteiger partial charge in [0.25, 0.3) is 0 Å². The van der Waals surface area contributed by atoms with Crippen molar-refractivity contribution in [3.63, 3.8) is 0 Å². The van der Waals surface area contributed by atoms with E-state index < -0.39 is 0 Å². The Kier molecular flexibility index (Phi) is 2.83. The second kappa shape index (κ2) is 4.36. The highest BCUT2D eigenvalue weighted by molar-refractivity contribution is 5.85. The Labute approximate surface area is 108 Å². The number of aryl methyl sites for hydroxylation is 1. The number of benzene rings is 1. The van der Waals surface area contributed by atoms with Gasteiger partial charge in [0.05, 0.1) is 0 Å². The molecular formula is C16H20N2. The highest BCUT2D eigenvalue weighted by atomic mass is 14.7. The summed E-state index contributed by atoms with van der Waals surface area (Å²) in [7, 11) is 0. The van der Waals surface area contributed by atoms with Gasteiger partial charge in [0.2, 0.25) is 0 Å². The number of nitrogens with zero attached hydrogens (tertiary/aromatic N) is 1. The van der Waals surface area contributed by atoms with E-state index in [0.717, 1.165) is 12.2 Å². The van der Waals surface area contributed by atoms with Crippen molar-refractivity contribution in [1.82, 2.24) is 4.98 Å². The second-order valence-electron chi connectivity index (χ2n) is 5.52. The van der Waals surface area contributed by atoms with Crippen LogP contribution in [0.1, 0.15) is 36.9 Å². The summed E-state index contributed by atoms with van der Waals surface area (Å²) >= 11 is 0. The van der Waals surface area contributed by atoms with E-state index in [1.54, 1.807) is 0 Å². The molecule has 2 aromatic rings. The molecule has 0 radical (unpaired) electrons. The van der Waals surface area contributed by atoms with Gasteiger partial charge in [0.15, 0.2) is 0 Å². The van der Waals surface area contributed by atoms with E-state index in [2.05, 4.69) is 36.2 Å². The van der Waals surface area contributed by atoms with Crippen LogP contribution in [0.3, 0.4) is 0 Å². The lowest BCUT2D eigenvalue weighted by Gasteiger charge is -2.28. The molecule has 18 heavy (non-hydrogen) atoms. The molecule has 1 saturated carbocycles. The van der Waals surface area contributed by atoms with Crippen LogP contribution in [0.2, 0.25) is 0 Å². The molecule has 1 aromatic heterocycles. The summed E-state index contributed by atoms with van der Waals surface area (Å²) in [6, 6.07) is 8.88. The smallest absolute Gasteiger partial charge is 0.0451 e. The van der Waals surface area contributed by atoms with Crippen molar-refractivity contribution in [2.45, 2.75) is 38.0 Å². The fraction of sp³-hybridized carbons (Fsp3) is 0.438. The van der Waals surface area contributed by atoms with Gasteiger partial charge in [0.1, 0.15) is 0 Å².